The number of methoxy groups -OCH3 is 2. The summed E-state index contributed by atoms with van der Waals surface area (Å²) in [7, 11) is 3.07. The number of carbonyl (C=O) groups excluding carboxylic acids is 1. The number of likely N-dealkylation sites (tertiary alicyclic amines) is 1. The first kappa shape index (κ1) is 25.7. The second-order valence-corrected chi connectivity index (χ2v) is 8.38. The van der Waals surface area contributed by atoms with Crippen LogP contribution in [0.25, 0.3) is 11.0 Å². The highest BCUT2D eigenvalue weighted by Gasteiger charge is 2.25. The number of aryl methyl sites for hydroxylation is 1. The highest BCUT2D eigenvalue weighted by atomic mass is 35.5. The van der Waals surface area contributed by atoms with Gasteiger partial charge in [0.2, 0.25) is 0 Å². The standard InChI is InChI=1S/C26H28FNO5.ClH/c1-31-23-14-21-22(15-24(23)32-2)33-16-19(26(21)30)4-3-11-28-12-9-18(10-13-28)25(29)17-5-7-20(27)8-6-17;/h5-8,14-16,18H,3-4,9-13H2,1-2H3;1H. The summed E-state index contributed by atoms with van der Waals surface area (Å²) in [6, 6.07) is 9.11. The smallest absolute Gasteiger partial charge is 0.195 e. The number of halogens is 2. The van der Waals surface area contributed by atoms with Crippen molar-refractivity contribution in [1.82, 2.24) is 4.90 Å². The Morgan fingerprint density at radius 1 is 1.09 bits per heavy atom. The third kappa shape index (κ3) is 5.59. The van der Waals surface area contributed by atoms with Crippen molar-refractivity contribution >= 4 is 29.2 Å². The number of rotatable bonds is 8. The molecule has 1 fully saturated rings. The molecule has 2 heterocycles. The summed E-state index contributed by atoms with van der Waals surface area (Å²) in [5, 5.41) is 0.477. The Morgan fingerprint density at radius 2 is 1.74 bits per heavy atom. The van der Waals surface area contributed by atoms with E-state index in [4.69, 9.17) is 13.9 Å². The van der Waals surface area contributed by atoms with Gasteiger partial charge in [-0.15, -0.1) is 12.4 Å². The third-order valence-corrected chi connectivity index (χ3v) is 6.36. The molecule has 3 aromatic rings. The van der Waals surface area contributed by atoms with Gasteiger partial charge in [0.1, 0.15) is 11.4 Å². The van der Waals surface area contributed by atoms with Crippen LogP contribution in [0, 0.1) is 11.7 Å². The van der Waals surface area contributed by atoms with E-state index in [2.05, 4.69) is 4.90 Å². The molecular weight excluding hydrogens is 461 g/mol. The fourth-order valence-corrected chi connectivity index (χ4v) is 4.43. The van der Waals surface area contributed by atoms with E-state index in [-0.39, 0.29) is 35.4 Å². The summed E-state index contributed by atoms with van der Waals surface area (Å²) in [6.45, 7) is 2.52. The number of carbonyl (C=O) groups is 1. The quantitative estimate of drug-likeness (QED) is 0.419. The van der Waals surface area contributed by atoms with Crippen molar-refractivity contribution in [2.75, 3.05) is 33.9 Å². The van der Waals surface area contributed by atoms with Gasteiger partial charge in [-0.2, -0.15) is 0 Å². The summed E-state index contributed by atoms with van der Waals surface area (Å²) < 4.78 is 29.4. The molecular formula is C26H29ClFNO5. The van der Waals surface area contributed by atoms with Crippen LogP contribution in [0.5, 0.6) is 11.5 Å². The maximum Gasteiger partial charge on any atom is 0.195 e. The van der Waals surface area contributed by atoms with E-state index in [1.165, 1.54) is 32.6 Å². The van der Waals surface area contributed by atoms with Crippen LogP contribution < -0.4 is 14.9 Å². The van der Waals surface area contributed by atoms with Crippen molar-refractivity contribution < 1.29 is 23.1 Å². The average molecular weight is 490 g/mol. The molecule has 0 saturated carbocycles. The number of piperidine rings is 1. The van der Waals surface area contributed by atoms with Gasteiger partial charge in [0, 0.05) is 23.1 Å². The van der Waals surface area contributed by atoms with E-state index in [1.54, 1.807) is 24.3 Å². The van der Waals surface area contributed by atoms with Crippen molar-refractivity contribution in [3.8, 4) is 11.5 Å². The fourth-order valence-electron chi connectivity index (χ4n) is 4.43. The molecule has 4 rings (SSSR count). The molecule has 1 aliphatic heterocycles. The molecule has 34 heavy (non-hydrogen) atoms. The van der Waals surface area contributed by atoms with E-state index >= 15 is 0 Å². The number of hydrogen-bond acceptors (Lipinski definition) is 6. The Morgan fingerprint density at radius 3 is 2.38 bits per heavy atom. The predicted molar refractivity (Wildman–Crippen MR) is 131 cm³/mol. The zero-order chi connectivity index (χ0) is 23.4. The normalized spacial score (nSPS) is 14.6. The number of ether oxygens (including phenoxy) is 2. The monoisotopic (exact) mass is 489 g/mol. The molecule has 1 aliphatic rings. The van der Waals surface area contributed by atoms with E-state index in [0.29, 0.717) is 40.0 Å². The zero-order valence-corrected chi connectivity index (χ0v) is 20.2. The van der Waals surface area contributed by atoms with E-state index in [0.717, 1.165) is 38.9 Å². The number of ketones is 1. The molecule has 1 saturated heterocycles. The Bertz CT molecular complexity index is 1190. The molecule has 182 valence electrons. The van der Waals surface area contributed by atoms with Gasteiger partial charge in [-0.25, -0.2) is 4.39 Å². The minimum Gasteiger partial charge on any atom is -0.493 e. The van der Waals surface area contributed by atoms with Gasteiger partial charge in [-0.3, -0.25) is 9.59 Å². The minimum atomic E-state index is -0.333. The third-order valence-electron chi connectivity index (χ3n) is 6.36. The molecule has 2 aromatic carbocycles. The molecule has 0 N–H and O–H groups in total. The maximum atomic E-state index is 13.1. The number of hydrogen-bond donors (Lipinski definition) is 0. The van der Waals surface area contributed by atoms with Crippen molar-refractivity contribution in [2.45, 2.75) is 25.7 Å². The lowest BCUT2D eigenvalue weighted by Crippen LogP contribution is -2.37. The van der Waals surface area contributed by atoms with Crippen LogP contribution in [0.2, 0.25) is 0 Å². The molecule has 0 amide bonds. The largest absolute Gasteiger partial charge is 0.493 e. The molecule has 0 spiro atoms. The molecule has 0 aliphatic carbocycles. The van der Waals surface area contributed by atoms with E-state index in [1.807, 2.05) is 0 Å². The van der Waals surface area contributed by atoms with E-state index < -0.39 is 0 Å². The summed E-state index contributed by atoms with van der Waals surface area (Å²) in [5.41, 5.74) is 1.62. The highest BCUT2D eigenvalue weighted by Crippen LogP contribution is 2.31. The molecule has 6 nitrogen and oxygen atoms in total. The fraction of sp³-hybridized carbons (Fsp3) is 0.385. The molecule has 0 radical (unpaired) electrons. The summed E-state index contributed by atoms with van der Waals surface area (Å²) in [4.78, 5) is 27.9. The zero-order valence-electron chi connectivity index (χ0n) is 19.3. The molecule has 0 unspecified atom stereocenters. The van der Waals surface area contributed by atoms with Crippen LogP contribution in [-0.4, -0.2) is 44.5 Å². The van der Waals surface area contributed by atoms with Crippen molar-refractivity contribution in [2.24, 2.45) is 5.92 Å². The van der Waals surface area contributed by atoms with Gasteiger partial charge in [-0.05, 0) is 75.6 Å². The molecule has 0 bridgehead atoms. The number of benzene rings is 2. The lowest BCUT2D eigenvalue weighted by molar-refractivity contribution is 0.0839. The van der Waals surface area contributed by atoms with Crippen molar-refractivity contribution in [1.29, 1.82) is 0 Å². The van der Waals surface area contributed by atoms with Gasteiger partial charge in [0.05, 0.1) is 25.9 Å². The van der Waals surface area contributed by atoms with Crippen molar-refractivity contribution in [3.63, 3.8) is 0 Å². The van der Waals surface area contributed by atoms with Crippen LogP contribution in [0.15, 0.2) is 51.9 Å². The lowest BCUT2D eigenvalue weighted by Gasteiger charge is -2.31. The second-order valence-electron chi connectivity index (χ2n) is 8.38. The van der Waals surface area contributed by atoms with Crippen LogP contribution in [0.1, 0.15) is 35.2 Å². The lowest BCUT2D eigenvalue weighted by atomic mass is 9.89. The van der Waals surface area contributed by atoms with Crippen LogP contribution in [-0.2, 0) is 6.42 Å². The van der Waals surface area contributed by atoms with Crippen LogP contribution in [0.4, 0.5) is 4.39 Å². The molecule has 1 aromatic heterocycles. The number of fused-ring (bicyclic) bond motifs is 1. The van der Waals surface area contributed by atoms with E-state index in [9.17, 15) is 14.0 Å². The van der Waals surface area contributed by atoms with Gasteiger partial charge >= 0.3 is 0 Å². The van der Waals surface area contributed by atoms with Crippen LogP contribution >= 0.6 is 12.4 Å². The Hall–Kier alpha value is -2.90. The van der Waals surface area contributed by atoms with Crippen LogP contribution in [0.3, 0.4) is 0 Å². The Balaban J connectivity index is 0.00000324. The SMILES string of the molecule is COc1cc2occ(CCCN3CCC(C(=O)c4ccc(F)cc4)CC3)c(=O)c2cc1OC.Cl. The van der Waals surface area contributed by atoms with Gasteiger partial charge < -0.3 is 18.8 Å². The predicted octanol–water partition coefficient (Wildman–Crippen LogP) is 4.90. The maximum absolute atomic E-state index is 13.1. The average Bonchev–Trinajstić information content (AvgIpc) is 2.85. The second kappa shape index (κ2) is 11.5. The summed E-state index contributed by atoms with van der Waals surface area (Å²) in [5.74, 6) is 0.747. The molecule has 8 heteroatoms. The van der Waals surface area contributed by atoms with Gasteiger partial charge in [0.15, 0.2) is 22.7 Å². The summed E-state index contributed by atoms with van der Waals surface area (Å²) >= 11 is 0. The van der Waals surface area contributed by atoms with Gasteiger partial charge in [0.25, 0.3) is 0 Å². The Kier molecular flexibility index (Phi) is 8.69. The van der Waals surface area contributed by atoms with Gasteiger partial charge in [-0.1, -0.05) is 0 Å². The first-order valence-electron chi connectivity index (χ1n) is 11.2. The molecule has 0 atom stereocenters. The number of Topliss-reactive ketones (excluding diaryl/α,β-unsaturated/α-hetero) is 1. The first-order chi connectivity index (χ1) is 16.0. The topological polar surface area (TPSA) is 69.0 Å². The first-order valence-corrected chi connectivity index (χ1v) is 11.2. The minimum absolute atomic E-state index is 0. The highest BCUT2D eigenvalue weighted by molar-refractivity contribution is 5.97. The Labute approximate surface area is 204 Å². The summed E-state index contributed by atoms with van der Waals surface area (Å²) in [6.07, 6.45) is 4.54. The number of nitrogens with zero attached hydrogens (tertiary/aromatic N) is 1. The van der Waals surface area contributed by atoms with Crippen molar-refractivity contribution in [3.05, 3.63) is 69.8 Å².